The Bertz CT molecular complexity index is 2960. The van der Waals surface area contributed by atoms with E-state index in [9.17, 15) is 0 Å². The maximum Gasteiger partial charge on any atom is 0.0462 e. The molecule has 5 aliphatic carbocycles. The Morgan fingerprint density at radius 1 is 0.556 bits per heavy atom. The lowest BCUT2D eigenvalue weighted by Gasteiger charge is -2.30. The largest absolute Gasteiger partial charge is 0.311 e. The van der Waals surface area contributed by atoms with Gasteiger partial charge in [-0.15, -0.1) is 0 Å². The van der Waals surface area contributed by atoms with E-state index >= 15 is 0 Å². The third-order valence-corrected chi connectivity index (χ3v) is 15.3. The summed E-state index contributed by atoms with van der Waals surface area (Å²) < 4.78 is 0. The second-order valence-electron chi connectivity index (χ2n) is 20.0. The van der Waals surface area contributed by atoms with Crippen molar-refractivity contribution in [3.63, 3.8) is 0 Å². The summed E-state index contributed by atoms with van der Waals surface area (Å²) in [5, 5.41) is 0. The number of hydrogen-bond donors (Lipinski definition) is 0. The molecule has 0 heterocycles. The molecule has 5 aliphatic rings. The zero-order chi connectivity index (χ0) is 43.1. The van der Waals surface area contributed by atoms with Gasteiger partial charge in [0.15, 0.2) is 0 Å². The van der Waals surface area contributed by atoms with E-state index in [1.165, 1.54) is 77.9 Å². The highest BCUT2D eigenvalue weighted by Crippen LogP contribution is 2.55. The van der Waals surface area contributed by atoms with E-state index in [1.807, 2.05) is 0 Å². The van der Waals surface area contributed by atoms with Crippen LogP contribution in [0.5, 0.6) is 0 Å². The van der Waals surface area contributed by atoms with Gasteiger partial charge >= 0.3 is 0 Å². The van der Waals surface area contributed by atoms with Gasteiger partial charge in [0.1, 0.15) is 0 Å². The van der Waals surface area contributed by atoms with Crippen LogP contribution in [-0.4, -0.2) is 0 Å². The van der Waals surface area contributed by atoms with Gasteiger partial charge in [-0.3, -0.25) is 0 Å². The molecule has 1 nitrogen and oxygen atoms in total. The fraction of sp³-hybridized carbons (Fsp3) is 0.226. The molecule has 0 fully saturated rings. The molecule has 63 heavy (non-hydrogen) atoms. The Balaban J connectivity index is 0.915. The molecule has 6 aromatic carbocycles. The van der Waals surface area contributed by atoms with Crippen LogP contribution in [0.2, 0.25) is 0 Å². The number of rotatable bonds is 7. The maximum atomic E-state index is 2.49. The van der Waals surface area contributed by atoms with Crippen molar-refractivity contribution in [3.05, 3.63) is 238 Å². The SMILES string of the molecule is CC1C=CC2=C(C1)c1ccc(-c3ccc(N(c4ccc(C5=CCC6C(=C5)C(C)(C)c5ccccc56)cc4)c4ccc(C5(C)C=CC(c6ccccc6)=CC5)cc4)cc3)cc1C2(C)C. The van der Waals surface area contributed by atoms with Crippen LogP contribution in [-0.2, 0) is 16.2 Å². The zero-order valence-corrected chi connectivity index (χ0v) is 37.6. The van der Waals surface area contributed by atoms with E-state index in [-0.39, 0.29) is 16.2 Å². The summed E-state index contributed by atoms with van der Waals surface area (Å²) in [5.41, 5.74) is 22.8. The first-order valence-electron chi connectivity index (χ1n) is 23.1. The van der Waals surface area contributed by atoms with E-state index in [2.05, 4.69) is 235 Å². The van der Waals surface area contributed by atoms with Crippen molar-refractivity contribution in [2.45, 2.75) is 83.0 Å². The first-order chi connectivity index (χ1) is 30.5. The van der Waals surface area contributed by atoms with Crippen LogP contribution in [0.3, 0.4) is 0 Å². The molecule has 0 spiro atoms. The smallest absolute Gasteiger partial charge is 0.0462 e. The molecule has 11 rings (SSSR count). The van der Waals surface area contributed by atoms with Crippen molar-refractivity contribution < 1.29 is 0 Å². The fourth-order valence-electron chi connectivity index (χ4n) is 11.5. The van der Waals surface area contributed by atoms with Gasteiger partial charge in [0, 0.05) is 39.2 Å². The van der Waals surface area contributed by atoms with Crippen molar-refractivity contribution >= 4 is 33.8 Å². The Labute approximate surface area is 375 Å². The first-order valence-corrected chi connectivity index (χ1v) is 23.1. The van der Waals surface area contributed by atoms with Crippen molar-refractivity contribution in [1.29, 1.82) is 0 Å². The molecule has 0 aliphatic heterocycles. The number of fused-ring (bicyclic) bond motifs is 5. The summed E-state index contributed by atoms with van der Waals surface area (Å²) in [5.74, 6) is 1.05. The molecule has 0 saturated heterocycles. The summed E-state index contributed by atoms with van der Waals surface area (Å²) in [6.45, 7) is 14.3. The van der Waals surface area contributed by atoms with Gasteiger partial charge in [-0.05, 0) is 140 Å². The van der Waals surface area contributed by atoms with Gasteiger partial charge in [-0.1, -0.05) is 193 Å². The van der Waals surface area contributed by atoms with E-state index in [4.69, 9.17) is 0 Å². The molecule has 0 bridgehead atoms. The predicted octanol–water partition coefficient (Wildman–Crippen LogP) is 16.6. The van der Waals surface area contributed by atoms with Crippen LogP contribution in [0.1, 0.15) is 106 Å². The van der Waals surface area contributed by atoms with Crippen LogP contribution in [0.15, 0.2) is 199 Å². The highest BCUT2D eigenvalue weighted by atomic mass is 15.1. The first kappa shape index (κ1) is 39.4. The zero-order valence-electron chi connectivity index (χ0n) is 37.6. The Morgan fingerprint density at radius 2 is 1.19 bits per heavy atom. The molecule has 0 N–H and O–H groups in total. The van der Waals surface area contributed by atoms with Crippen LogP contribution in [0, 0.1) is 5.92 Å². The van der Waals surface area contributed by atoms with Gasteiger partial charge in [0.2, 0.25) is 0 Å². The molecule has 3 unspecified atom stereocenters. The molecule has 0 saturated carbocycles. The van der Waals surface area contributed by atoms with E-state index in [1.54, 1.807) is 0 Å². The second kappa shape index (κ2) is 14.8. The summed E-state index contributed by atoms with van der Waals surface area (Å²) in [4.78, 5) is 2.42. The molecule has 1 heteroatoms. The van der Waals surface area contributed by atoms with Crippen molar-refractivity contribution in [2.24, 2.45) is 5.92 Å². The molecular weight excluding hydrogens is 759 g/mol. The van der Waals surface area contributed by atoms with E-state index in [0.29, 0.717) is 11.8 Å². The maximum absolute atomic E-state index is 2.49. The van der Waals surface area contributed by atoms with Crippen molar-refractivity contribution in [2.75, 3.05) is 4.90 Å². The fourth-order valence-corrected chi connectivity index (χ4v) is 11.5. The molecule has 0 amide bonds. The lowest BCUT2D eigenvalue weighted by Crippen LogP contribution is -2.20. The number of hydrogen-bond acceptors (Lipinski definition) is 1. The average molecular weight is 816 g/mol. The molecular formula is C62H57N. The minimum atomic E-state index is -0.0742. The summed E-state index contributed by atoms with van der Waals surface area (Å²) in [6.07, 6.45) is 19.9. The molecule has 0 aromatic heterocycles. The van der Waals surface area contributed by atoms with Crippen LogP contribution in [0.4, 0.5) is 17.1 Å². The third kappa shape index (κ3) is 6.59. The Hall–Kier alpha value is -6.44. The summed E-state index contributed by atoms with van der Waals surface area (Å²) >= 11 is 0. The van der Waals surface area contributed by atoms with Gasteiger partial charge < -0.3 is 4.90 Å². The topological polar surface area (TPSA) is 3.24 Å². The summed E-state index contributed by atoms with van der Waals surface area (Å²) in [7, 11) is 0. The van der Waals surface area contributed by atoms with Crippen LogP contribution in [0.25, 0.3) is 27.8 Å². The average Bonchev–Trinajstić information content (AvgIpc) is 3.68. The molecule has 310 valence electrons. The molecule has 3 atom stereocenters. The number of benzene rings is 6. The third-order valence-electron chi connectivity index (χ3n) is 15.3. The monoisotopic (exact) mass is 815 g/mol. The van der Waals surface area contributed by atoms with E-state index in [0.717, 1.165) is 36.3 Å². The second-order valence-corrected chi connectivity index (χ2v) is 20.0. The van der Waals surface area contributed by atoms with Gasteiger partial charge in [-0.25, -0.2) is 0 Å². The molecule has 0 radical (unpaired) electrons. The highest BCUT2D eigenvalue weighted by Gasteiger charge is 2.42. The normalized spacial score (nSPS) is 22.3. The van der Waals surface area contributed by atoms with Crippen LogP contribution < -0.4 is 4.90 Å². The Morgan fingerprint density at radius 3 is 1.89 bits per heavy atom. The Kier molecular flexibility index (Phi) is 9.28. The molecule has 6 aromatic rings. The minimum Gasteiger partial charge on any atom is -0.311 e. The van der Waals surface area contributed by atoms with Gasteiger partial charge in [0.25, 0.3) is 0 Å². The number of anilines is 3. The van der Waals surface area contributed by atoms with Gasteiger partial charge in [-0.2, -0.15) is 0 Å². The van der Waals surface area contributed by atoms with Crippen molar-refractivity contribution in [1.82, 2.24) is 0 Å². The van der Waals surface area contributed by atoms with Crippen molar-refractivity contribution in [3.8, 4) is 11.1 Å². The van der Waals surface area contributed by atoms with Gasteiger partial charge in [0.05, 0.1) is 0 Å². The van der Waals surface area contributed by atoms with Crippen LogP contribution >= 0.6 is 0 Å². The number of nitrogens with zero attached hydrogens (tertiary/aromatic N) is 1. The van der Waals surface area contributed by atoms with E-state index < -0.39 is 0 Å². The lowest BCUT2D eigenvalue weighted by molar-refractivity contribution is 0.601. The highest BCUT2D eigenvalue weighted by molar-refractivity contribution is 5.87. The summed E-state index contributed by atoms with van der Waals surface area (Å²) in [6, 6.07) is 54.7. The minimum absolute atomic E-state index is 0.00146. The number of allylic oxidation sites excluding steroid dienone is 12. The predicted molar refractivity (Wildman–Crippen MR) is 268 cm³/mol. The lowest BCUT2D eigenvalue weighted by atomic mass is 9.75. The standard InChI is InChI=1S/C62H57N/c1-41-16-33-57-55(38-41)54-32-22-47(40-59(54)61(57,4)5)44-19-27-50(28-20-44)63(51-29-23-48(24-30-51)62(6)36-34-45(35-37-62)42-12-8-7-9-13-42)49-25-17-43(18-26-49)46-21-31-53-52-14-10-11-15-56(52)60(2,3)58(53)39-46/h7-30,32-36,39-41,53H,31,37-38H2,1-6H3. The quantitative estimate of drug-likeness (QED) is 0.155.